The fraction of sp³-hybridized carbons (Fsp3) is 0.200. The molecule has 0 spiro atoms. The molecule has 0 amide bonds. The molecule has 0 N–H and O–H groups in total. The van der Waals surface area contributed by atoms with Crippen LogP contribution in [0.3, 0.4) is 0 Å². The first kappa shape index (κ1) is 8.39. The van der Waals surface area contributed by atoms with E-state index >= 15 is 0 Å². The minimum Gasteiger partial charge on any atom is -0.124 e. The first-order valence-corrected chi connectivity index (χ1v) is 5.66. The van der Waals surface area contributed by atoms with Crippen LogP contribution in [0.4, 0.5) is 0 Å². The summed E-state index contributed by atoms with van der Waals surface area (Å²) < 4.78 is 1.20. The lowest BCUT2D eigenvalue weighted by Crippen LogP contribution is -1.96. The van der Waals surface area contributed by atoms with E-state index < -0.39 is 0 Å². The molecule has 0 saturated carbocycles. The zero-order valence-electron chi connectivity index (χ0n) is 6.64. The Morgan fingerprint density at radius 3 is 3.00 bits per heavy atom. The molecule has 2 rings (SSSR count). The van der Waals surface area contributed by atoms with Crippen LogP contribution in [0.2, 0.25) is 0 Å². The Bertz CT molecular complexity index is 331. The van der Waals surface area contributed by atoms with Crippen molar-refractivity contribution in [2.75, 3.05) is 5.75 Å². The van der Waals surface area contributed by atoms with Crippen LogP contribution < -0.4 is 0 Å². The maximum absolute atomic E-state index is 4.06. The van der Waals surface area contributed by atoms with Gasteiger partial charge in [0.25, 0.3) is 0 Å². The Balaban J connectivity index is 2.59. The molecule has 0 atom stereocenters. The molecular weight excluding hydrogens is 232 g/mol. The number of benzene rings is 1. The van der Waals surface area contributed by atoms with Crippen molar-refractivity contribution in [3.63, 3.8) is 0 Å². The van der Waals surface area contributed by atoms with Crippen molar-refractivity contribution in [3.8, 4) is 0 Å². The molecule has 2 heteroatoms. The average Bonchev–Trinajstić information content (AvgIpc) is 2.07. The van der Waals surface area contributed by atoms with E-state index in [0.29, 0.717) is 0 Å². The Labute approximate surface area is 85.2 Å². The van der Waals surface area contributed by atoms with Gasteiger partial charge in [-0.1, -0.05) is 18.7 Å². The van der Waals surface area contributed by atoms with Gasteiger partial charge >= 0.3 is 0 Å². The lowest BCUT2D eigenvalue weighted by Gasteiger charge is -2.18. The van der Waals surface area contributed by atoms with Crippen LogP contribution in [0.1, 0.15) is 12.0 Å². The predicted molar refractivity (Wildman–Crippen MR) is 58.5 cm³/mol. The highest BCUT2D eigenvalue weighted by Crippen LogP contribution is 2.40. The minimum absolute atomic E-state index is 1.12. The molecular formula is C10H9BrS. The van der Waals surface area contributed by atoms with E-state index in [4.69, 9.17) is 0 Å². The number of fused-ring (bicyclic) bond motifs is 1. The Morgan fingerprint density at radius 2 is 2.25 bits per heavy atom. The summed E-state index contributed by atoms with van der Waals surface area (Å²) in [6, 6.07) is 6.30. The van der Waals surface area contributed by atoms with Crippen molar-refractivity contribution in [2.24, 2.45) is 0 Å². The Kier molecular flexibility index (Phi) is 2.28. The highest BCUT2D eigenvalue weighted by Gasteiger charge is 2.14. The number of hydrogen-bond acceptors (Lipinski definition) is 1. The third kappa shape index (κ3) is 1.34. The Hall–Kier alpha value is -0.210. The first-order valence-electron chi connectivity index (χ1n) is 3.88. The van der Waals surface area contributed by atoms with Crippen molar-refractivity contribution >= 4 is 33.3 Å². The summed E-state index contributed by atoms with van der Waals surface area (Å²) in [5.41, 5.74) is 2.59. The first-order chi connectivity index (χ1) is 5.79. The van der Waals surface area contributed by atoms with Gasteiger partial charge < -0.3 is 0 Å². The number of allylic oxidation sites excluding steroid dienone is 1. The molecule has 0 unspecified atom stereocenters. The van der Waals surface area contributed by atoms with Gasteiger partial charge in [0, 0.05) is 15.1 Å². The SMILES string of the molecule is C=C1CCSc2c(Br)cccc21. The molecule has 0 radical (unpaired) electrons. The molecule has 1 aromatic rings. The lowest BCUT2D eigenvalue weighted by molar-refractivity contribution is 1.18. The number of hydrogen-bond donors (Lipinski definition) is 0. The minimum atomic E-state index is 1.12. The second kappa shape index (κ2) is 3.27. The van der Waals surface area contributed by atoms with Crippen molar-refractivity contribution in [3.05, 3.63) is 34.8 Å². The summed E-state index contributed by atoms with van der Waals surface area (Å²) >= 11 is 5.46. The standard InChI is InChI=1S/C10H9BrS/c1-7-5-6-12-10-8(7)3-2-4-9(10)11/h2-4H,1,5-6H2. The molecule has 1 aliphatic heterocycles. The van der Waals surface area contributed by atoms with Gasteiger partial charge in [0.15, 0.2) is 0 Å². The highest BCUT2D eigenvalue weighted by atomic mass is 79.9. The van der Waals surface area contributed by atoms with Gasteiger partial charge in [-0.05, 0) is 39.6 Å². The van der Waals surface area contributed by atoms with Gasteiger partial charge in [0.05, 0.1) is 0 Å². The molecule has 12 heavy (non-hydrogen) atoms. The molecule has 0 fully saturated rings. The van der Waals surface area contributed by atoms with E-state index in [1.165, 1.54) is 20.5 Å². The summed E-state index contributed by atoms with van der Waals surface area (Å²) in [6.07, 6.45) is 1.12. The Morgan fingerprint density at radius 1 is 1.42 bits per heavy atom. The van der Waals surface area contributed by atoms with Crippen LogP contribution in [0.25, 0.3) is 5.57 Å². The summed E-state index contributed by atoms with van der Waals surface area (Å²) in [6.45, 7) is 4.06. The molecule has 0 bridgehead atoms. The number of thioether (sulfide) groups is 1. The third-order valence-electron chi connectivity index (χ3n) is 2.00. The predicted octanol–water partition coefficient (Wildman–Crippen LogP) is 3.96. The van der Waals surface area contributed by atoms with E-state index in [1.54, 1.807) is 0 Å². The summed E-state index contributed by atoms with van der Waals surface area (Å²) in [5, 5.41) is 0. The van der Waals surface area contributed by atoms with Gasteiger partial charge in [-0.25, -0.2) is 0 Å². The molecule has 0 saturated heterocycles. The molecule has 0 nitrogen and oxygen atoms in total. The quantitative estimate of drug-likeness (QED) is 0.662. The maximum atomic E-state index is 4.06. The van der Waals surface area contributed by atoms with Gasteiger partial charge in [-0.2, -0.15) is 0 Å². The van der Waals surface area contributed by atoms with Crippen LogP contribution in [0.5, 0.6) is 0 Å². The molecule has 0 aliphatic carbocycles. The topological polar surface area (TPSA) is 0 Å². The normalized spacial score (nSPS) is 15.9. The molecule has 62 valence electrons. The summed E-state index contributed by atoms with van der Waals surface area (Å²) in [5.74, 6) is 1.16. The fourth-order valence-corrected chi connectivity index (χ4v) is 3.18. The van der Waals surface area contributed by atoms with Crippen molar-refractivity contribution in [1.29, 1.82) is 0 Å². The van der Waals surface area contributed by atoms with E-state index in [1.807, 2.05) is 11.8 Å². The number of rotatable bonds is 0. The molecule has 1 aliphatic rings. The van der Waals surface area contributed by atoms with Crippen molar-refractivity contribution in [2.45, 2.75) is 11.3 Å². The van der Waals surface area contributed by atoms with Crippen LogP contribution in [-0.4, -0.2) is 5.75 Å². The maximum Gasteiger partial charge on any atom is 0.0317 e. The molecule has 0 aromatic heterocycles. The van der Waals surface area contributed by atoms with Gasteiger partial charge in [0.2, 0.25) is 0 Å². The summed E-state index contributed by atoms with van der Waals surface area (Å²) in [7, 11) is 0. The lowest BCUT2D eigenvalue weighted by atomic mass is 10.1. The van der Waals surface area contributed by atoms with E-state index in [2.05, 4.69) is 40.7 Å². The third-order valence-corrected chi connectivity index (χ3v) is 4.06. The fourth-order valence-electron chi connectivity index (χ4n) is 1.34. The largest absolute Gasteiger partial charge is 0.124 e. The van der Waals surface area contributed by atoms with Crippen LogP contribution in [-0.2, 0) is 0 Å². The average molecular weight is 241 g/mol. The highest BCUT2D eigenvalue weighted by molar-refractivity contribution is 9.10. The second-order valence-corrected chi connectivity index (χ2v) is 4.78. The smallest absolute Gasteiger partial charge is 0.0317 e. The zero-order valence-corrected chi connectivity index (χ0v) is 9.04. The van der Waals surface area contributed by atoms with Gasteiger partial charge in [-0.15, -0.1) is 11.8 Å². The molecule has 1 heterocycles. The van der Waals surface area contributed by atoms with E-state index in [9.17, 15) is 0 Å². The summed E-state index contributed by atoms with van der Waals surface area (Å²) in [4.78, 5) is 1.36. The van der Waals surface area contributed by atoms with Gasteiger partial charge in [0.1, 0.15) is 0 Å². The number of halogens is 1. The van der Waals surface area contributed by atoms with Crippen molar-refractivity contribution < 1.29 is 0 Å². The van der Waals surface area contributed by atoms with Crippen molar-refractivity contribution in [1.82, 2.24) is 0 Å². The van der Waals surface area contributed by atoms with Gasteiger partial charge in [-0.3, -0.25) is 0 Å². The van der Waals surface area contributed by atoms with E-state index in [-0.39, 0.29) is 0 Å². The van der Waals surface area contributed by atoms with Crippen LogP contribution in [0.15, 0.2) is 34.1 Å². The second-order valence-electron chi connectivity index (χ2n) is 2.82. The monoisotopic (exact) mass is 240 g/mol. The molecule has 1 aromatic carbocycles. The zero-order chi connectivity index (χ0) is 8.55. The van der Waals surface area contributed by atoms with Crippen LogP contribution in [0, 0.1) is 0 Å². The van der Waals surface area contributed by atoms with E-state index in [0.717, 1.165) is 12.2 Å². The van der Waals surface area contributed by atoms with Crippen LogP contribution >= 0.6 is 27.7 Å².